The smallest absolute Gasteiger partial charge is 0.141 e. The molecule has 0 spiro atoms. The summed E-state index contributed by atoms with van der Waals surface area (Å²) in [6, 6.07) is 3.52. The molecule has 0 radical (unpaired) electrons. The second kappa shape index (κ2) is 6.93. The van der Waals surface area contributed by atoms with Crippen molar-refractivity contribution in [1.82, 2.24) is 15.3 Å². The van der Waals surface area contributed by atoms with Gasteiger partial charge in [-0.15, -0.1) is 0 Å². The van der Waals surface area contributed by atoms with Crippen LogP contribution in [0.25, 0.3) is 22.2 Å². The number of aromatic nitrogens is 2. The molecule has 0 aliphatic carbocycles. The van der Waals surface area contributed by atoms with Crippen molar-refractivity contribution in [2.24, 2.45) is 5.41 Å². The van der Waals surface area contributed by atoms with Gasteiger partial charge >= 0.3 is 0 Å². The summed E-state index contributed by atoms with van der Waals surface area (Å²) in [5, 5.41) is 4.14. The Morgan fingerprint density at radius 2 is 1.85 bits per heavy atom. The SMILES string of the molecule is Cc1cnc2[nH]cc(-c3cc(F)cc(F)c3)c2c1OCC1(C)CCNCC1. The molecular weight excluding hydrogens is 348 g/mol. The zero-order chi connectivity index (χ0) is 19.0. The molecule has 2 aromatic heterocycles. The number of piperidine rings is 1. The maximum absolute atomic E-state index is 13.7. The molecule has 142 valence electrons. The van der Waals surface area contributed by atoms with Crippen LogP contribution < -0.4 is 10.1 Å². The van der Waals surface area contributed by atoms with Crippen LogP contribution in [0.1, 0.15) is 25.3 Å². The van der Waals surface area contributed by atoms with Crippen LogP contribution in [0.5, 0.6) is 5.75 Å². The highest BCUT2D eigenvalue weighted by molar-refractivity contribution is 5.98. The molecular formula is C21H23F2N3O. The van der Waals surface area contributed by atoms with E-state index in [1.54, 1.807) is 12.4 Å². The highest BCUT2D eigenvalue weighted by Crippen LogP contribution is 2.38. The Morgan fingerprint density at radius 1 is 1.15 bits per heavy atom. The van der Waals surface area contributed by atoms with E-state index in [4.69, 9.17) is 4.74 Å². The minimum atomic E-state index is -0.607. The molecule has 27 heavy (non-hydrogen) atoms. The molecule has 0 bridgehead atoms. The van der Waals surface area contributed by atoms with Crippen molar-refractivity contribution < 1.29 is 13.5 Å². The first-order chi connectivity index (χ1) is 13.0. The Hall–Kier alpha value is -2.47. The molecule has 0 amide bonds. The molecule has 0 saturated carbocycles. The predicted octanol–water partition coefficient (Wildman–Crippen LogP) is 4.59. The molecule has 2 N–H and O–H groups in total. The van der Waals surface area contributed by atoms with Gasteiger partial charge in [-0.1, -0.05) is 6.92 Å². The first-order valence-electron chi connectivity index (χ1n) is 9.22. The lowest BCUT2D eigenvalue weighted by molar-refractivity contribution is 0.124. The Kier molecular flexibility index (Phi) is 4.60. The van der Waals surface area contributed by atoms with Gasteiger partial charge in [-0.2, -0.15) is 0 Å². The third-order valence-electron chi connectivity index (χ3n) is 5.38. The van der Waals surface area contributed by atoms with Gasteiger partial charge in [0.25, 0.3) is 0 Å². The molecule has 4 nitrogen and oxygen atoms in total. The Morgan fingerprint density at radius 3 is 2.56 bits per heavy atom. The van der Waals surface area contributed by atoms with E-state index in [1.165, 1.54) is 12.1 Å². The van der Waals surface area contributed by atoms with Gasteiger partial charge in [0.2, 0.25) is 0 Å². The average molecular weight is 371 g/mol. The topological polar surface area (TPSA) is 49.9 Å². The summed E-state index contributed by atoms with van der Waals surface area (Å²) in [5.74, 6) is -0.491. The number of aromatic amines is 1. The van der Waals surface area contributed by atoms with E-state index in [-0.39, 0.29) is 5.41 Å². The highest BCUT2D eigenvalue weighted by atomic mass is 19.1. The van der Waals surface area contributed by atoms with Crippen molar-refractivity contribution in [3.05, 3.63) is 47.8 Å². The van der Waals surface area contributed by atoms with Crippen molar-refractivity contribution in [2.75, 3.05) is 19.7 Å². The molecule has 1 aliphatic rings. The van der Waals surface area contributed by atoms with E-state index in [2.05, 4.69) is 22.2 Å². The van der Waals surface area contributed by atoms with Crippen molar-refractivity contribution in [3.8, 4) is 16.9 Å². The Bertz CT molecular complexity index is 957. The molecule has 1 fully saturated rings. The van der Waals surface area contributed by atoms with Gasteiger partial charge in [0, 0.05) is 35.0 Å². The van der Waals surface area contributed by atoms with Crippen LogP contribution in [0.3, 0.4) is 0 Å². The molecule has 0 unspecified atom stereocenters. The fourth-order valence-electron chi connectivity index (χ4n) is 3.71. The first kappa shape index (κ1) is 17.9. The zero-order valence-corrected chi connectivity index (χ0v) is 15.5. The second-order valence-electron chi connectivity index (χ2n) is 7.70. The van der Waals surface area contributed by atoms with Gasteiger partial charge in [0.15, 0.2) is 0 Å². The summed E-state index contributed by atoms with van der Waals surface area (Å²) in [5.41, 5.74) is 2.80. The van der Waals surface area contributed by atoms with Gasteiger partial charge in [-0.25, -0.2) is 13.8 Å². The number of halogens is 2. The Labute approximate surface area is 157 Å². The van der Waals surface area contributed by atoms with Crippen LogP contribution in [-0.4, -0.2) is 29.7 Å². The number of aryl methyl sites for hydroxylation is 1. The number of ether oxygens (including phenoxy) is 1. The molecule has 1 saturated heterocycles. The van der Waals surface area contributed by atoms with Gasteiger partial charge in [-0.3, -0.25) is 0 Å². The Balaban J connectivity index is 1.75. The lowest BCUT2D eigenvalue weighted by Crippen LogP contribution is -2.38. The molecule has 6 heteroatoms. The maximum Gasteiger partial charge on any atom is 0.141 e. The van der Waals surface area contributed by atoms with Gasteiger partial charge in [-0.05, 0) is 50.6 Å². The van der Waals surface area contributed by atoms with Crippen molar-refractivity contribution in [3.63, 3.8) is 0 Å². The molecule has 3 heterocycles. The van der Waals surface area contributed by atoms with Crippen molar-refractivity contribution >= 4 is 11.0 Å². The number of H-pyrrole nitrogens is 1. The number of hydrogen-bond acceptors (Lipinski definition) is 3. The van der Waals surface area contributed by atoms with Crippen LogP contribution in [-0.2, 0) is 0 Å². The highest BCUT2D eigenvalue weighted by Gasteiger charge is 2.28. The minimum Gasteiger partial charge on any atom is -0.492 e. The van der Waals surface area contributed by atoms with E-state index >= 15 is 0 Å². The quantitative estimate of drug-likeness (QED) is 0.705. The lowest BCUT2D eigenvalue weighted by atomic mass is 9.82. The van der Waals surface area contributed by atoms with Crippen LogP contribution >= 0.6 is 0 Å². The summed E-state index contributed by atoms with van der Waals surface area (Å²) in [4.78, 5) is 7.51. The number of pyridine rings is 1. The molecule has 0 atom stereocenters. The molecule has 3 aromatic rings. The largest absolute Gasteiger partial charge is 0.492 e. The fourth-order valence-corrected chi connectivity index (χ4v) is 3.71. The van der Waals surface area contributed by atoms with Crippen molar-refractivity contribution in [2.45, 2.75) is 26.7 Å². The normalized spacial score (nSPS) is 16.6. The van der Waals surface area contributed by atoms with E-state index in [1.807, 2.05) is 6.92 Å². The number of nitrogens with one attached hydrogen (secondary N) is 2. The third kappa shape index (κ3) is 3.54. The minimum absolute atomic E-state index is 0.106. The van der Waals surface area contributed by atoms with Crippen molar-refractivity contribution in [1.29, 1.82) is 0 Å². The average Bonchev–Trinajstić information content (AvgIpc) is 3.05. The van der Waals surface area contributed by atoms with Crippen LogP contribution in [0, 0.1) is 24.0 Å². The fraction of sp³-hybridized carbons (Fsp3) is 0.381. The first-order valence-corrected chi connectivity index (χ1v) is 9.22. The molecule has 1 aliphatic heterocycles. The van der Waals surface area contributed by atoms with Gasteiger partial charge < -0.3 is 15.0 Å². The summed E-state index contributed by atoms with van der Waals surface area (Å²) in [7, 11) is 0. The zero-order valence-electron chi connectivity index (χ0n) is 15.5. The number of nitrogens with zero attached hydrogens (tertiary/aromatic N) is 1. The maximum atomic E-state index is 13.7. The van der Waals surface area contributed by atoms with Crippen LogP contribution in [0.15, 0.2) is 30.6 Å². The standard InChI is InChI=1S/C21H23F2N3O/c1-13-10-25-20-18(19(13)27-12-21(2)3-5-24-6-4-21)17(11-26-20)14-7-15(22)9-16(23)8-14/h7-11,24H,3-6,12H2,1-2H3,(H,25,26). The predicted molar refractivity (Wildman–Crippen MR) is 102 cm³/mol. The molecule has 1 aromatic carbocycles. The summed E-state index contributed by atoms with van der Waals surface area (Å²) < 4.78 is 33.8. The third-order valence-corrected chi connectivity index (χ3v) is 5.38. The van der Waals surface area contributed by atoms with E-state index in [0.29, 0.717) is 23.4 Å². The van der Waals surface area contributed by atoms with Crippen LogP contribution in [0.2, 0.25) is 0 Å². The molecule has 4 rings (SSSR count). The summed E-state index contributed by atoms with van der Waals surface area (Å²) in [6.07, 6.45) is 5.59. The number of fused-ring (bicyclic) bond motifs is 1. The lowest BCUT2D eigenvalue weighted by Gasteiger charge is -2.34. The van der Waals surface area contributed by atoms with Crippen LogP contribution in [0.4, 0.5) is 8.78 Å². The van der Waals surface area contributed by atoms with E-state index in [9.17, 15) is 8.78 Å². The number of hydrogen-bond donors (Lipinski definition) is 2. The van der Waals surface area contributed by atoms with E-state index in [0.717, 1.165) is 48.7 Å². The monoisotopic (exact) mass is 371 g/mol. The van der Waals surface area contributed by atoms with E-state index < -0.39 is 11.6 Å². The second-order valence-corrected chi connectivity index (χ2v) is 7.70. The number of rotatable bonds is 4. The van der Waals surface area contributed by atoms with Gasteiger partial charge in [0.1, 0.15) is 23.0 Å². The van der Waals surface area contributed by atoms with Gasteiger partial charge in [0.05, 0.1) is 12.0 Å². The summed E-state index contributed by atoms with van der Waals surface area (Å²) >= 11 is 0. The summed E-state index contributed by atoms with van der Waals surface area (Å²) in [6.45, 7) is 6.75. The number of benzene rings is 1.